The molecule has 0 saturated heterocycles. The van der Waals surface area contributed by atoms with Crippen molar-refractivity contribution in [3.8, 4) is 0 Å². The lowest BCUT2D eigenvalue weighted by Gasteiger charge is -2.35. The minimum Gasteiger partial charge on any atom is -0.481 e. The molecular formula is C33H53NO13. The van der Waals surface area contributed by atoms with Gasteiger partial charge >= 0.3 is 17.9 Å². The molecule has 4 rings (SSSR count). The first-order valence-corrected chi connectivity index (χ1v) is 17.3. The number of ether oxygens (including phenoxy) is 3. The highest BCUT2D eigenvalue weighted by atomic mass is 17.2. The summed E-state index contributed by atoms with van der Waals surface area (Å²) in [5.41, 5.74) is -0.214. The molecule has 4 saturated carbocycles. The van der Waals surface area contributed by atoms with Crippen LogP contribution in [-0.2, 0) is 38.4 Å². The Balaban J connectivity index is 1.08. The van der Waals surface area contributed by atoms with Gasteiger partial charge in [-0.05, 0) is 83.0 Å². The minimum absolute atomic E-state index is 0.0154. The first-order valence-electron chi connectivity index (χ1n) is 17.3. The van der Waals surface area contributed by atoms with E-state index in [0.29, 0.717) is 51.7 Å². The van der Waals surface area contributed by atoms with Crippen LogP contribution in [0.3, 0.4) is 0 Å². The van der Waals surface area contributed by atoms with Crippen molar-refractivity contribution in [2.75, 3.05) is 19.8 Å². The second-order valence-electron chi connectivity index (χ2n) is 14.9. The number of hydrogen-bond acceptors (Lipinski definition) is 11. The molecule has 14 heteroatoms. The number of hydrogen-bond donors (Lipinski definition) is 3. The Morgan fingerprint density at radius 2 is 1.28 bits per heavy atom. The first kappa shape index (κ1) is 37.4. The van der Waals surface area contributed by atoms with Crippen LogP contribution >= 0.6 is 0 Å². The van der Waals surface area contributed by atoms with Crippen molar-refractivity contribution in [2.24, 2.45) is 29.1 Å². The number of nitrogens with zero attached hydrogens (tertiary/aromatic N) is 1. The Morgan fingerprint density at radius 3 is 1.83 bits per heavy atom. The van der Waals surface area contributed by atoms with Gasteiger partial charge in [0.15, 0.2) is 0 Å². The van der Waals surface area contributed by atoms with Gasteiger partial charge < -0.3 is 29.5 Å². The van der Waals surface area contributed by atoms with E-state index in [2.05, 4.69) is 13.8 Å². The molecule has 0 amide bonds. The Bertz CT molecular complexity index is 1050. The number of nitro groups is 1. The maximum atomic E-state index is 12.9. The van der Waals surface area contributed by atoms with Gasteiger partial charge in [-0.1, -0.05) is 13.8 Å². The topological polar surface area (TPSA) is 201 Å². The highest BCUT2D eigenvalue weighted by molar-refractivity contribution is 5.81. The lowest BCUT2D eigenvalue weighted by Crippen LogP contribution is -2.42. The Morgan fingerprint density at radius 1 is 0.723 bits per heavy atom. The predicted octanol–water partition coefficient (Wildman–Crippen LogP) is 4.17. The Hall–Kier alpha value is -2.39. The average Bonchev–Trinajstić information content (AvgIpc) is 3.04. The second-order valence-corrected chi connectivity index (χ2v) is 14.9. The molecule has 47 heavy (non-hydrogen) atoms. The molecule has 0 aromatic heterocycles. The minimum atomic E-state index is -1.11. The van der Waals surface area contributed by atoms with Gasteiger partial charge in [-0.15, -0.1) is 0 Å². The zero-order valence-corrected chi connectivity index (χ0v) is 27.7. The number of rotatable bonds is 15. The van der Waals surface area contributed by atoms with E-state index in [0.717, 1.165) is 25.7 Å². The van der Waals surface area contributed by atoms with Crippen molar-refractivity contribution in [2.45, 2.75) is 140 Å². The zero-order chi connectivity index (χ0) is 34.1. The van der Waals surface area contributed by atoms with Crippen LogP contribution in [0.15, 0.2) is 0 Å². The molecule has 3 N–H and O–H groups in total. The zero-order valence-electron chi connectivity index (χ0n) is 27.7. The van der Waals surface area contributed by atoms with Crippen molar-refractivity contribution < 1.29 is 58.6 Å². The number of carboxylic acid groups (broad SMARTS) is 2. The molecule has 0 aromatic rings. The number of aliphatic carboxylic acids is 2. The van der Waals surface area contributed by atoms with Crippen LogP contribution < -0.4 is 0 Å². The summed E-state index contributed by atoms with van der Waals surface area (Å²) in [5, 5.41) is 40.0. The summed E-state index contributed by atoms with van der Waals surface area (Å²) in [6.07, 6.45) is 6.55. The molecule has 0 bridgehead atoms. The molecule has 0 aromatic carbocycles. The fourth-order valence-electron chi connectivity index (χ4n) is 7.42. The lowest BCUT2D eigenvalue weighted by molar-refractivity contribution is -0.528. The Labute approximate surface area is 275 Å². The third-order valence-corrected chi connectivity index (χ3v) is 10.5. The number of esters is 1. The molecule has 268 valence electrons. The van der Waals surface area contributed by atoms with Gasteiger partial charge in [0.2, 0.25) is 6.04 Å². The number of carbonyl (C=O) groups is 3. The molecule has 4 aliphatic carbocycles. The van der Waals surface area contributed by atoms with Crippen molar-refractivity contribution in [3.63, 3.8) is 0 Å². The smallest absolute Gasteiger partial charge is 0.310 e. The molecule has 6 unspecified atom stereocenters. The van der Waals surface area contributed by atoms with Gasteiger partial charge in [0.1, 0.15) is 6.10 Å². The molecule has 6 atom stereocenters. The van der Waals surface area contributed by atoms with Crippen LogP contribution in [0.1, 0.15) is 104 Å². The summed E-state index contributed by atoms with van der Waals surface area (Å²) < 4.78 is 18.1. The van der Waals surface area contributed by atoms with Crippen LogP contribution in [0.5, 0.6) is 0 Å². The molecular weight excluding hydrogens is 618 g/mol. The maximum absolute atomic E-state index is 12.9. The molecule has 0 radical (unpaired) electrons. The highest BCUT2D eigenvalue weighted by Gasteiger charge is 2.45. The normalized spacial score (nSPS) is 35.1. The largest absolute Gasteiger partial charge is 0.481 e. The third kappa shape index (κ3) is 11.3. The lowest BCUT2D eigenvalue weighted by atomic mass is 9.77. The van der Waals surface area contributed by atoms with E-state index in [-0.39, 0.29) is 68.0 Å². The van der Waals surface area contributed by atoms with Gasteiger partial charge in [0, 0.05) is 23.2 Å². The summed E-state index contributed by atoms with van der Waals surface area (Å²) in [7, 11) is 0. The summed E-state index contributed by atoms with van der Waals surface area (Å²) in [5.74, 6) is -5.40. The van der Waals surface area contributed by atoms with E-state index in [1.807, 2.05) is 0 Å². The summed E-state index contributed by atoms with van der Waals surface area (Å²) >= 11 is 0. The fraction of sp³-hybridized carbons (Fsp3) is 0.909. The van der Waals surface area contributed by atoms with E-state index in [4.69, 9.17) is 24.0 Å². The van der Waals surface area contributed by atoms with Gasteiger partial charge in [-0.2, -0.15) is 0 Å². The number of carboxylic acids is 2. The second kappa shape index (κ2) is 17.3. The predicted molar refractivity (Wildman–Crippen MR) is 165 cm³/mol. The number of carbonyl (C=O) groups excluding carboxylic acids is 1. The summed E-state index contributed by atoms with van der Waals surface area (Å²) in [6.45, 7) is 5.45. The van der Waals surface area contributed by atoms with Crippen LogP contribution in [0, 0.1) is 39.2 Å². The average molecular weight is 672 g/mol. The Kier molecular flexibility index (Phi) is 13.8. The molecule has 0 heterocycles. The highest BCUT2D eigenvalue weighted by Crippen LogP contribution is 2.35. The van der Waals surface area contributed by atoms with E-state index in [1.54, 1.807) is 0 Å². The standard InChI is InChI=1S/C33H53NO13/c1-33(2,19-44-24-8-12-26(13-9-24)47-45-17-20-3-5-22(35)16-28(20)31(38)39)18-43-23-6-10-25(11-7-23)46-32(40)29-15-21(34(41)42)4-14-27(29)30(36)37/h20-29,35H,3-19H2,1-2H3,(H,36,37)(H,38,39). The van der Waals surface area contributed by atoms with Gasteiger partial charge in [-0.25, -0.2) is 9.78 Å². The monoisotopic (exact) mass is 671 g/mol. The summed E-state index contributed by atoms with van der Waals surface area (Å²) in [6, 6.07) is -0.923. The van der Waals surface area contributed by atoms with E-state index < -0.39 is 52.7 Å². The van der Waals surface area contributed by atoms with Crippen molar-refractivity contribution >= 4 is 17.9 Å². The molecule has 0 spiro atoms. The van der Waals surface area contributed by atoms with Crippen LogP contribution in [0.2, 0.25) is 0 Å². The number of aliphatic hydroxyl groups is 1. The number of aliphatic hydroxyl groups excluding tert-OH is 1. The molecule has 4 fully saturated rings. The van der Waals surface area contributed by atoms with Crippen molar-refractivity contribution in [1.29, 1.82) is 0 Å². The van der Waals surface area contributed by atoms with Crippen molar-refractivity contribution in [3.05, 3.63) is 10.1 Å². The van der Waals surface area contributed by atoms with Gasteiger partial charge in [0.25, 0.3) is 0 Å². The molecule has 4 aliphatic rings. The summed E-state index contributed by atoms with van der Waals surface area (Å²) in [4.78, 5) is 58.0. The quantitative estimate of drug-likeness (QED) is 0.0970. The van der Waals surface area contributed by atoms with Crippen LogP contribution in [0.25, 0.3) is 0 Å². The molecule has 14 nitrogen and oxygen atoms in total. The SMILES string of the molecule is CC(C)(COC1CCC(OOCC2CCC(O)CC2C(=O)O)CC1)COC1CCC(OC(=O)C2CC([N+](=O)[O-])CCC2C(=O)O)CC1. The van der Waals surface area contributed by atoms with E-state index >= 15 is 0 Å². The first-order chi connectivity index (χ1) is 22.3. The van der Waals surface area contributed by atoms with Gasteiger partial charge in [-0.3, -0.25) is 24.5 Å². The van der Waals surface area contributed by atoms with Crippen molar-refractivity contribution in [1.82, 2.24) is 0 Å². The van der Waals surface area contributed by atoms with Crippen LogP contribution in [-0.4, -0.2) is 94.5 Å². The molecule has 0 aliphatic heterocycles. The van der Waals surface area contributed by atoms with E-state index in [9.17, 15) is 39.8 Å². The van der Waals surface area contributed by atoms with E-state index in [1.165, 1.54) is 0 Å². The third-order valence-electron chi connectivity index (χ3n) is 10.5. The van der Waals surface area contributed by atoms with Gasteiger partial charge in [0.05, 0.1) is 62.0 Å². The van der Waals surface area contributed by atoms with Crippen LogP contribution in [0.4, 0.5) is 0 Å². The maximum Gasteiger partial charge on any atom is 0.310 e. The fourth-order valence-corrected chi connectivity index (χ4v) is 7.42.